The number of hydrogen-bond donors (Lipinski definition) is 2. The van der Waals surface area contributed by atoms with Gasteiger partial charge < -0.3 is 11.1 Å². The van der Waals surface area contributed by atoms with Gasteiger partial charge in [-0.15, -0.1) is 0 Å². The molecule has 90 valence electrons. The molecule has 1 atom stereocenters. The molecule has 3 N–H and O–H groups in total. The van der Waals surface area contributed by atoms with Crippen molar-refractivity contribution in [1.29, 1.82) is 5.26 Å². The van der Waals surface area contributed by atoms with Crippen molar-refractivity contribution in [3.8, 4) is 6.07 Å². The van der Waals surface area contributed by atoms with Crippen LogP contribution >= 0.6 is 0 Å². The van der Waals surface area contributed by atoms with Gasteiger partial charge in [0.15, 0.2) is 0 Å². The SMILES string of the molecule is N#Cc1ccc(NC(CN)C2CCCC2)nc1. The van der Waals surface area contributed by atoms with Crippen molar-refractivity contribution in [1.82, 2.24) is 4.98 Å². The van der Waals surface area contributed by atoms with E-state index in [4.69, 9.17) is 11.0 Å². The molecule has 2 rings (SSSR count). The highest BCUT2D eigenvalue weighted by Crippen LogP contribution is 2.28. The fourth-order valence-electron chi connectivity index (χ4n) is 2.46. The Morgan fingerprint density at radius 3 is 2.76 bits per heavy atom. The maximum Gasteiger partial charge on any atom is 0.126 e. The van der Waals surface area contributed by atoms with Gasteiger partial charge in [-0.2, -0.15) is 5.26 Å². The van der Waals surface area contributed by atoms with Crippen molar-refractivity contribution in [2.24, 2.45) is 11.7 Å². The van der Waals surface area contributed by atoms with Crippen LogP contribution in [-0.4, -0.2) is 17.6 Å². The van der Waals surface area contributed by atoms with E-state index in [-0.39, 0.29) is 0 Å². The van der Waals surface area contributed by atoms with E-state index < -0.39 is 0 Å². The number of anilines is 1. The van der Waals surface area contributed by atoms with Gasteiger partial charge in [-0.05, 0) is 30.9 Å². The third-order valence-electron chi connectivity index (χ3n) is 3.45. The summed E-state index contributed by atoms with van der Waals surface area (Å²) in [5.74, 6) is 1.48. The van der Waals surface area contributed by atoms with E-state index in [2.05, 4.69) is 16.4 Å². The van der Waals surface area contributed by atoms with Crippen LogP contribution in [0.25, 0.3) is 0 Å². The van der Waals surface area contributed by atoms with Crippen LogP contribution in [-0.2, 0) is 0 Å². The lowest BCUT2D eigenvalue weighted by atomic mass is 9.98. The molecular formula is C13H18N4. The van der Waals surface area contributed by atoms with Gasteiger partial charge in [0.25, 0.3) is 0 Å². The quantitative estimate of drug-likeness (QED) is 0.828. The van der Waals surface area contributed by atoms with Crippen LogP contribution in [0.3, 0.4) is 0 Å². The maximum atomic E-state index is 8.70. The molecule has 1 heterocycles. The monoisotopic (exact) mass is 230 g/mol. The molecule has 0 bridgehead atoms. The molecule has 1 aromatic rings. The normalized spacial score (nSPS) is 17.6. The Balaban J connectivity index is 1.99. The fourth-order valence-corrected chi connectivity index (χ4v) is 2.46. The Morgan fingerprint density at radius 1 is 1.47 bits per heavy atom. The second-order valence-electron chi connectivity index (χ2n) is 4.57. The average Bonchev–Trinajstić information content (AvgIpc) is 2.90. The second kappa shape index (κ2) is 5.65. The van der Waals surface area contributed by atoms with Crippen molar-refractivity contribution < 1.29 is 0 Å². The average molecular weight is 230 g/mol. The zero-order chi connectivity index (χ0) is 12.1. The number of nitrogens with one attached hydrogen (secondary N) is 1. The van der Waals surface area contributed by atoms with E-state index in [0.29, 0.717) is 24.1 Å². The summed E-state index contributed by atoms with van der Waals surface area (Å²) >= 11 is 0. The van der Waals surface area contributed by atoms with Crippen molar-refractivity contribution in [3.63, 3.8) is 0 Å². The first-order chi connectivity index (χ1) is 8.33. The number of aromatic nitrogens is 1. The summed E-state index contributed by atoms with van der Waals surface area (Å²) in [5, 5.41) is 12.1. The van der Waals surface area contributed by atoms with Crippen LogP contribution in [0.15, 0.2) is 18.3 Å². The molecule has 1 aliphatic rings. The van der Waals surface area contributed by atoms with Gasteiger partial charge in [-0.25, -0.2) is 4.98 Å². The number of rotatable bonds is 4. The van der Waals surface area contributed by atoms with Crippen molar-refractivity contribution in [3.05, 3.63) is 23.9 Å². The Kier molecular flexibility index (Phi) is 3.94. The Bertz CT molecular complexity index is 387. The van der Waals surface area contributed by atoms with E-state index in [9.17, 15) is 0 Å². The van der Waals surface area contributed by atoms with Gasteiger partial charge in [0, 0.05) is 18.8 Å². The molecule has 1 saturated carbocycles. The van der Waals surface area contributed by atoms with Gasteiger partial charge in [0.05, 0.1) is 5.56 Å². The van der Waals surface area contributed by atoms with Gasteiger partial charge in [0.1, 0.15) is 11.9 Å². The summed E-state index contributed by atoms with van der Waals surface area (Å²) in [6.45, 7) is 0.631. The van der Waals surface area contributed by atoms with E-state index in [1.54, 1.807) is 12.3 Å². The Labute approximate surface area is 102 Å². The third kappa shape index (κ3) is 2.95. The lowest BCUT2D eigenvalue weighted by Crippen LogP contribution is -2.35. The molecule has 1 unspecified atom stereocenters. The molecule has 0 aromatic carbocycles. The zero-order valence-corrected chi connectivity index (χ0v) is 9.89. The molecule has 1 aliphatic carbocycles. The summed E-state index contributed by atoms with van der Waals surface area (Å²) in [7, 11) is 0. The summed E-state index contributed by atoms with van der Waals surface area (Å²) in [4.78, 5) is 4.22. The first-order valence-electron chi connectivity index (χ1n) is 6.16. The van der Waals surface area contributed by atoms with E-state index in [0.717, 1.165) is 5.82 Å². The first-order valence-corrected chi connectivity index (χ1v) is 6.16. The number of nitriles is 1. The topological polar surface area (TPSA) is 74.7 Å². The van der Waals surface area contributed by atoms with Crippen molar-refractivity contribution >= 4 is 5.82 Å². The summed E-state index contributed by atoms with van der Waals surface area (Å²) in [6.07, 6.45) is 6.72. The highest BCUT2D eigenvalue weighted by Gasteiger charge is 2.23. The van der Waals surface area contributed by atoms with Crippen molar-refractivity contribution in [2.75, 3.05) is 11.9 Å². The number of pyridine rings is 1. The zero-order valence-electron chi connectivity index (χ0n) is 9.89. The number of nitrogens with two attached hydrogens (primary N) is 1. The van der Waals surface area contributed by atoms with Crippen LogP contribution in [0, 0.1) is 17.2 Å². The minimum absolute atomic E-state index is 0.304. The Morgan fingerprint density at radius 2 is 2.24 bits per heavy atom. The smallest absolute Gasteiger partial charge is 0.126 e. The second-order valence-corrected chi connectivity index (χ2v) is 4.57. The molecule has 4 heteroatoms. The van der Waals surface area contributed by atoms with Crippen LogP contribution in [0.1, 0.15) is 31.2 Å². The molecule has 0 radical (unpaired) electrons. The predicted molar refractivity (Wildman–Crippen MR) is 67.4 cm³/mol. The van der Waals surface area contributed by atoms with Crippen LogP contribution < -0.4 is 11.1 Å². The first kappa shape index (κ1) is 11.9. The van der Waals surface area contributed by atoms with Gasteiger partial charge in [0.2, 0.25) is 0 Å². The molecule has 0 aliphatic heterocycles. The van der Waals surface area contributed by atoms with Crippen LogP contribution in [0.4, 0.5) is 5.82 Å². The Hall–Kier alpha value is -1.60. The number of nitrogens with zero attached hydrogens (tertiary/aromatic N) is 2. The molecule has 0 saturated heterocycles. The lowest BCUT2D eigenvalue weighted by Gasteiger charge is -2.23. The minimum Gasteiger partial charge on any atom is -0.366 e. The van der Waals surface area contributed by atoms with Gasteiger partial charge >= 0.3 is 0 Å². The molecule has 1 aromatic heterocycles. The van der Waals surface area contributed by atoms with Gasteiger partial charge in [-0.1, -0.05) is 12.8 Å². The van der Waals surface area contributed by atoms with E-state index >= 15 is 0 Å². The standard InChI is InChI=1S/C13H18N4/c14-7-10-5-6-13(16-9-10)17-12(8-15)11-3-1-2-4-11/h5-6,9,11-12H,1-4,8,15H2,(H,16,17). The number of hydrogen-bond acceptors (Lipinski definition) is 4. The minimum atomic E-state index is 0.304. The molecule has 1 fully saturated rings. The summed E-state index contributed by atoms with van der Waals surface area (Å²) < 4.78 is 0. The highest BCUT2D eigenvalue weighted by atomic mass is 15.0. The van der Waals surface area contributed by atoms with Crippen LogP contribution in [0.2, 0.25) is 0 Å². The summed E-state index contributed by atoms with van der Waals surface area (Å²) in [5.41, 5.74) is 6.40. The maximum absolute atomic E-state index is 8.70. The summed E-state index contributed by atoms with van der Waals surface area (Å²) in [6, 6.07) is 5.98. The van der Waals surface area contributed by atoms with Crippen molar-refractivity contribution in [2.45, 2.75) is 31.7 Å². The molecule has 4 nitrogen and oxygen atoms in total. The predicted octanol–water partition coefficient (Wildman–Crippen LogP) is 1.88. The largest absolute Gasteiger partial charge is 0.366 e. The molecule has 0 spiro atoms. The highest BCUT2D eigenvalue weighted by molar-refractivity contribution is 5.40. The van der Waals surface area contributed by atoms with E-state index in [1.807, 2.05) is 6.07 Å². The fraction of sp³-hybridized carbons (Fsp3) is 0.538. The molecule has 0 amide bonds. The van der Waals surface area contributed by atoms with Crippen LogP contribution in [0.5, 0.6) is 0 Å². The van der Waals surface area contributed by atoms with E-state index in [1.165, 1.54) is 25.7 Å². The molecular weight excluding hydrogens is 212 g/mol. The molecule has 17 heavy (non-hydrogen) atoms. The third-order valence-corrected chi connectivity index (χ3v) is 3.45. The lowest BCUT2D eigenvalue weighted by molar-refractivity contribution is 0.461. The van der Waals surface area contributed by atoms with Gasteiger partial charge in [-0.3, -0.25) is 0 Å².